The van der Waals surface area contributed by atoms with E-state index in [1.807, 2.05) is 0 Å². The average Bonchev–Trinajstić information content (AvgIpc) is 2.82. The smallest absolute Gasteiger partial charge is 0.245 e. The van der Waals surface area contributed by atoms with Crippen molar-refractivity contribution in [2.45, 2.75) is 178 Å². The zero-order valence-corrected chi connectivity index (χ0v) is 51.5. The summed E-state index contributed by atoms with van der Waals surface area (Å²) in [5.74, 6) is -9.79. The summed E-state index contributed by atoms with van der Waals surface area (Å²) in [7, 11) is 0. The van der Waals surface area contributed by atoms with Gasteiger partial charge in [0.25, 0.3) is 0 Å². The third-order valence-electron chi connectivity index (χ3n) is 12.6. The van der Waals surface area contributed by atoms with E-state index in [0.717, 1.165) is 0 Å². The zero-order chi connectivity index (χ0) is 67.5. The molecule has 0 aliphatic heterocycles. The third kappa shape index (κ3) is 33.7. The van der Waals surface area contributed by atoms with Crippen LogP contribution in [0.3, 0.4) is 0 Å². The number of hydrogen-bond acceptors (Lipinski definition) is 16. The first-order chi connectivity index (χ1) is 40.8. The zero-order valence-electron chi connectivity index (χ0n) is 51.5. The van der Waals surface area contributed by atoms with Gasteiger partial charge >= 0.3 is 0 Å². The largest absolute Gasteiger partial charge is 0.370 e. The van der Waals surface area contributed by atoms with Gasteiger partial charge in [-0.15, -0.1) is 0 Å². The molecule has 88 heavy (non-hydrogen) atoms. The van der Waals surface area contributed by atoms with Gasteiger partial charge in [0.05, 0.1) is 0 Å². The third-order valence-corrected chi connectivity index (χ3v) is 12.6. The van der Waals surface area contributed by atoms with E-state index in [9.17, 15) is 47.9 Å². The van der Waals surface area contributed by atoms with Crippen molar-refractivity contribution in [2.75, 3.05) is 39.3 Å². The molecule has 38 heteroatoms. The predicted molar refractivity (Wildman–Crippen MR) is 333 cm³/mol. The fraction of sp³-hybridized carbons (Fsp3) is 0.680. The minimum absolute atomic E-state index is 0.0108. The molecule has 0 heterocycles. The topological polar surface area (TPSA) is 691 Å². The van der Waals surface area contributed by atoms with Crippen LogP contribution in [0.2, 0.25) is 0 Å². The first kappa shape index (κ1) is 78.3. The first-order valence-electron chi connectivity index (χ1n) is 28.2. The van der Waals surface area contributed by atoms with Crippen molar-refractivity contribution in [3.63, 3.8) is 0 Å². The average molecular weight is 1250 g/mol. The molecular weight excluding hydrogens is 1150 g/mol. The van der Waals surface area contributed by atoms with Crippen LogP contribution in [-0.4, -0.2) is 187 Å². The molecule has 10 amide bonds. The summed E-state index contributed by atoms with van der Waals surface area (Å²) >= 11 is 0. The lowest BCUT2D eigenvalue weighted by atomic mass is 9.99. The van der Waals surface area contributed by atoms with Crippen molar-refractivity contribution in [3.05, 3.63) is 0 Å². The summed E-state index contributed by atoms with van der Waals surface area (Å²) in [5, 5.41) is 23.3. The van der Waals surface area contributed by atoms with Gasteiger partial charge in [-0.2, -0.15) is 0 Å². The van der Waals surface area contributed by atoms with Crippen molar-refractivity contribution in [1.82, 2.24) is 47.9 Å². The Bertz CT molecular complexity index is 2540. The second-order valence-electron chi connectivity index (χ2n) is 21.9. The molecule has 0 saturated carbocycles. The fourth-order valence-electron chi connectivity index (χ4n) is 7.73. The maximum atomic E-state index is 14.5. The normalized spacial score (nSPS) is 13.2. The Morgan fingerprint density at radius 3 is 0.682 bits per heavy atom. The van der Waals surface area contributed by atoms with Gasteiger partial charge in [-0.3, -0.25) is 77.9 Å². The Labute approximate surface area is 511 Å². The molecule has 0 unspecified atom stereocenters. The second kappa shape index (κ2) is 39.1. The lowest BCUT2D eigenvalue weighted by Gasteiger charge is -2.32. The highest BCUT2D eigenvalue weighted by Gasteiger charge is 2.39. The lowest BCUT2D eigenvalue weighted by molar-refractivity contribution is -0.138. The van der Waals surface area contributed by atoms with E-state index < -0.39 is 112 Å². The molecule has 0 fully saturated rings. The number of nitrogens with one attached hydrogen (secondary N) is 9. The summed E-state index contributed by atoms with van der Waals surface area (Å²) in [5.41, 5.74) is 66.1. The van der Waals surface area contributed by atoms with Gasteiger partial charge < -0.3 is 122 Å². The van der Waals surface area contributed by atoms with Crippen LogP contribution in [0.25, 0.3) is 0 Å². The van der Waals surface area contributed by atoms with Gasteiger partial charge in [0, 0.05) is 46.2 Å². The van der Waals surface area contributed by atoms with Gasteiger partial charge in [-0.1, -0.05) is 0 Å². The number of nitrogens with two attached hydrogens (primary N) is 13. The molecule has 0 aromatic rings. The number of primary amides is 1. The van der Waals surface area contributed by atoms with Crippen LogP contribution >= 0.6 is 0 Å². The Hall–Kier alpha value is -9.68. The maximum absolute atomic E-state index is 14.5. The van der Waals surface area contributed by atoms with Crippen molar-refractivity contribution >= 4 is 94.8 Å². The number of hydrogen-bond donors (Lipinski definition) is 22. The lowest BCUT2D eigenvalue weighted by Crippen LogP contribution is -2.64. The molecule has 35 N–H and O–H groups in total. The number of rotatable bonds is 42. The van der Waals surface area contributed by atoms with Crippen LogP contribution in [0.5, 0.6) is 0 Å². The quantitative estimate of drug-likeness (QED) is 0.0153. The van der Waals surface area contributed by atoms with Crippen LogP contribution in [0.15, 0.2) is 30.0 Å². The molecule has 0 aromatic heterocycles. The molecule has 498 valence electrons. The van der Waals surface area contributed by atoms with Crippen LogP contribution in [0.1, 0.15) is 126 Å². The molecule has 0 aliphatic rings. The molecule has 0 spiro atoms. The summed E-state index contributed by atoms with van der Waals surface area (Å²) in [6, 6.07) is -8.14. The first-order valence-corrected chi connectivity index (χ1v) is 28.2. The van der Waals surface area contributed by atoms with Crippen molar-refractivity contribution in [2.24, 2.45) is 104 Å². The Morgan fingerprint density at radius 2 is 0.489 bits per heavy atom. The number of amides is 10. The molecular formula is C50H98N28O10. The highest BCUT2D eigenvalue weighted by atomic mass is 16.2. The molecule has 0 aliphatic carbocycles. The maximum Gasteiger partial charge on any atom is 0.245 e. The van der Waals surface area contributed by atoms with Crippen molar-refractivity contribution < 1.29 is 47.9 Å². The van der Waals surface area contributed by atoms with E-state index in [0.29, 0.717) is 0 Å². The van der Waals surface area contributed by atoms with Crippen LogP contribution in [0.4, 0.5) is 0 Å². The Morgan fingerprint density at radius 1 is 0.295 bits per heavy atom. The SMILES string of the molecule is CC(=O)N[C@@H](CCCN=C(N)N)C(=O)N[C@@H](CCCN=C(N)N)C(=O)NC(C)(C)C(=O)N[C@@H](CCCN=C(N)N)C(=O)N[C@@H](CCCN=C(N)N)C(=O)NC(C)(C)C(=O)N[C@@H](CCCN=C(N)N)C(=O)N[C@@H](CCCN=C(N)N)C(=O)NC(C)(C)C(N)=O. The molecule has 0 bridgehead atoms. The van der Waals surface area contributed by atoms with E-state index in [-0.39, 0.29) is 152 Å². The monoisotopic (exact) mass is 1250 g/mol. The number of carbonyl (C=O) groups is 10. The molecule has 6 atom stereocenters. The number of nitrogens with zero attached hydrogens (tertiary/aromatic N) is 6. The second-order valence-corrected chi connectivity index (χ2v) is 21.9. The Kier molecular flexibility index (Phi) is 34.8. The van der Waals surface area contributed by atoms with Crippen LogP contribution in [0, 0.1) is 0 Å². The number of carbonyl (C=O) groups excluding carboxylic acids is 10. The van der Waals surface area contributed by atoms with Crippen molar-refractivity contribution in [3.8, 4) is 0 Å². The summed E-state index contributed by atoms with van der Waals surface area (Å²) in [6.07, 6.45) is 0.385. The van der Waals surface area contributed by atoms with Crippen molar-refractivity contribution in [1.29, 1.82) is 0 Å². The van der Waals surface area contributed by atoms with Crippen LogP contribution in [-0.2, 0) is 47.9 Å². The molecule has 0 saturated heterocycles. The van der Waals surface area contributed by atoms with Gasteiger partial charge in [-0.05, 0) is 119 Å². The highest BCUT2D eigenvalue weighted by Crippen LogP contribution is 2.14. The number of aliphatic imine (C=N–C) groups is 6. The molecule has 0 aromatic carbocycles. The summed E-state index contributed by atoms with van der Waals surface area (Å²) in [6.45, 7) is 9.37. The Balaban J connectivity index is 7.13. The van der Waals surface area contributed by atoms with Gasteiger partial charge in [0.2, 0.25) is 59.1 Å². The molecule has 38 nitrogen and oxygen atoms in total. The summed E-state index contributed by atoms with van der Waals surface area (Å²) in [4.78, 5) is 161. The number of guanidine groups is 6. The van der Waals surface area contributed by atoms with E-state index in [1.54, 1.807) is 0 Å². The minimum atomic E-state index is -1.88. The van der Waals surface area contributed by atoms with Gasteiger partial charge in [0.15, 0.2) is 35.8 Å². The van der Waals surface area contributed by atoms with Crippen LogP contribution < -0.4 is 122 Å². The predicted octanol–water partition coefficient (Wildman–Crippen LogP) is -9.59. The fourth-order valence-corrected chi connectivity index (χ4v) is 7.73. The highest BCUT2D eigenvalue weighted by molar-refractivity contribution is 6.00. The van der Waals surface area contributed by atoms with E-state index in [1.165, 1.54) is 48.5 Å². The minimum Gasteiger partial charge on any atom is -0.370 e. The molecule has 0 rings (SSSR count). The summed E-state index contributed by atoms with van der Waals surface area (Å²) < 4.78 is 0. The standard InChI is InChI=1S/C50H98N28O10/c1-26(79)70-27(14-8-20-64-42(52)53)33(80)71-31(18-12-24-68-46(60)61)37(84)77-49(4,5)40(87)75-29(16-10-22-66-44(56)57)35(82)73-32(19-13-25-69-47(62)63)38(85)78-50(6,7)41(88)74-28(15-9-21-65-43(54)55)34(81)72-30(17-11-23-67-45(58)59)36(83)76-48(2,3)39(51)86/h27-32H,8-25H2,1-7H3,(H2,51,86)(H,70,79)(H,71,80)(H,72,81)(H,73,82)(H,74,88)(H,75,87)(H,76,83)(H,77,84)(H,78,85)(H4,52,53,64)(H4,54,55,65)(H4,56,57,66)(H4,58,59,67)(H4,60,61,68)(H4,62,63,69)/t27-,28-,29-,30-,31-,32-/m0/s1. The van der Waals surface area contributed by atoms with Gasteiger partial charge in [0.1, 0.15) is 52.9 Å². The van der Waals surface area contributed by atoms with E-state index in [4.69, 9.17) is 74.5 Å². The molecule has 0 radical (unpaired) electrons. The van der Waals surface area contributed by atoms with E-state index >= 15 is 0 Å². The van der Waals surface area contributed by atoms with E-state index in [2.05, 4.69) is 77.8 Å². The van der Waals surface area contributed by atoms with Gasteiger partial charge in [-0.25, -0.2) is 0 Å².